The molecule has 0 aliphatic heterocycles. The van der Waals surface area contributed by atoms with Gasteiger partial charge in [-0.25, -0.2) is 0 Å². The Morgan fingerprint density at radius 1 is 1.20 bits per heavy atom. The number of carbonyl (C=O) groups excluding carboxylic acids is 1. The van der Waals surface area contributed by atoms with Gasteiger partial charge in [0.05, 0.1) is 7.11 Å². The fourth-order valence-electron chi connectivity index (χ4n) is 1.63. The maximum Gasteiger partial charge on any atom is 0.290 e. The molecule has 1 aromatic carbocycles. The lowest BCUT2D eigenvalue weighted by molar-refractivity contribution is 0.0921. The van der Waals surface area contributed by atoms with Crippen molar-refractivity contribution in [3.8, 4) is 17.4 Å². The molecule has 0 unspecified atom stereocenters. The van der Waals surface area contributed by atoms with Crippen molar-refractivity contribution in [1.29, 1.82) is 0 Å². The Morgan fingerprint density at radius 2 is 1.95 bits per heavy atom. The molecule has 0 radical (unpaired) electrons. The van der Waals surface area contributed by atoms with E-state index in [2.05, 4.69) is 5.32 Å². The van der Waals surface area contributed by atoms with Gasteiger partial charge in [-0.2, -0.15) is 0 Å². The molecule has 1 N–H and O–H groups in total. The van der Waals surface area contributed by atoms with Crippen LogP contribution in [-0.4, -0.2) is 19.6 Å². The van der Waals surface area contributed by atoms with Crippen molar-refractivity contribution in [3.05, 3.63) is 42.2 Å². The van der Waals surface area contributed by atoms with E-state index in [0.29, 0.717) is 18.0 Å². The van der Waals surface area contributed by atoms with Gasteiger partial charge in [-0.3, -0.25) is 4.79 Å². The second-order valence-corrected chi connectivity index (χ2v) is 4.13. The Hall–Kier alpha value is -2.43. The minimum atomic E-state index is -0.248. The number of furan rings is 1. The third-order valence-corrected chi connectivity index (χ3v) is 2.62. The van der Waals surface area contributed by atoms with Gasteiger partial charge in [0.1, 0.15) is 0 Å². The molecule has 1 amide bonds. The fraction of sp³-hybridized carbons (Fsp3) is 0.267. The fourth-order valence-corrected chi connectivity index (χ4v) is 1.63. The van der Waals surface area contributed by atoms with Gasteiger partial charge in [0, 0.05) is 12.6 Å². The lowest BCUT2D eigenvalue weighted by Crippen LogP contribution is -2.23. The topological polar surface area (TPSA) is 60.7 Å². The van der Waals surface area contributed by atoms with Gasteiger partial charge in [-0.1, -0.05) is 19.1 Å². The lowest BCUT2D eigenvalue weighted by Gasteiger charge is -2.07. The van der Waals surface area contributed by atoms with Gasteiger partial charge in [-0.05, 0) is 24.6 Å². The van der Waals surface area contributed by atoms with Crippen molar-refractivity contribution in [2.75, 3.05) is 13.7 Å². The molecule has 2 rings (SSSR count). The highest BCUT2D eigenvalue weighted by Gasteiger charge is 2.12. The molecule has 2 aromatic rings. The monoisotopic (exact) mass is 275 g/mol. The summed E-state index contributed by atoms with van der Waals surface area (Å²) in [6.45, 7) is 2.60. The van der Waals surface area contributed by atoms with Crippen LogP contribution < -0.4 is 14.8 Å². The van der Waals surface area contributed by atoms with Crippen LogP contribution in [0.15, 0.2) is 40.8 Å². The van der Waals surface area contributed by atoms with Crippen LogP contribution in [0.2, 0.25) is 0 Å². The summed E-state index contributed by atoms with van der Waals surface area (Å²) in [6, 6.07) is 10.4. The number of nitrogens with one attached hydrogen (secondary N) is 1. The number of methoxy groups -OCH3 is 1. The highest BCUT2D eigenvalue weighted by molar-refractivity contribution is 5.91. The van der Waals surface area contributed by atoms with E-state index in [0.717, 1.165) is 6.42 Å². The summed E-state index contributed by atoms with van der Waals surface area (Å²) < 4.78 is 16.1. The van der Waals surface area contributed by atoms with E-state index in [4.69, 9.17) is 13.9 Å². The summed E-state index contributed by atoms with van der Waals surface area (Å²) in [7, 11) is 1.56. The third kappa shape index (κ3) is 3.32. The maximum absolute atomic E-state index is 11.7. The Balaban J connectivity index is 2.07. The Labute approximate surface area is 117 Å². The Kier molecular flexibility index (Phi) is 4.65. The zero-order chi connectivity index (χ0) is 14.4. The number of hydrogen-bond acceptors (Lipinski definition) is 4. The molecule has 0 atom stereocenters. The molecule has 0 fully saturated rings. The maximum atomic E-state index is 11.7. The van der Waals surface area contributed by atoms with E-state index < -0.39 is 0 Å². The number of rotatable bonds is 6. The minimum absolute atomic E-state index is 0.225. The van der Waals surface area contributed by atoms with Crippen LogP contribution in [0.1, 0.15) is 23.9 Å². The number of para-hydroxylation sites is 2. The molecular weight excluding hydrogens is 258 g/mol. The quantitative estimate of drug-likeness (QED) is 0.879. The first kappa shape index (κ1) is 14.0. The highest BCUT2D eigenvalue weighted by atomic mass is 16.6. The summed E-state index contributed by atoms with van der Waals surface area (Å²) in [5.41, 5.74) is 0. The smallest absolute Gasteiger partial charge is 0.290 e. The van der Waals surface area contributed by atoms with E-state index in [9.17, 15) is 4.79 Å². The SMILES string of the molecule is CCCNC(=O)c1ccc(Oc2ccccc2OC)o1. The van der Waals surface area contributed by atoms with Crippen molar-refractivity contribution in [1.82, 2.24) is 5.32 Å². The van der Waals surface area contributed by atoms with E-state index >= 15 is 0 Å². The molecule has 1 aromatic heterocycles. The van der Waals surface area contributed by atoms with Crippen LogP contribution in [0.4, 0.5) is 0 Å². The first-order chi connectivity index (χ1) is 9.74. The van der Waals surface area contributed by atoms with E-state index in [1.807, 2.05) is 19.1 Å². The summed E-state index contributed by atoms with van der Waals surface area (Å²) in [4.78, 5) is 11.7. The molecule has 5 nitrogen and oxygen atoms in total. The second-order valence-electron chi connectivity index (χ2n) is 4.13. The van der Waals surface area contributed by atoms with Gasteiger partial charge in [0.2, 0.25) is 0 Å². The molecule has 1 heterocycles. The lowest BCUT2D eigenvalue weighted by atomic mass is 10.3. The minimum Gasteiger partial charge on any atom is -0.493 e. The second kappa shape index (κ2) is 6.65. The molecule has 106 valence electrons. The van der Waals surface area contributed by atoms with Gasteiger partial charge in [0.25, 0.3) is 11.9 Å². The van der Waals surface area contributed by atoms with Gasteiger partial charge >= 0.3 is 0 Å². The first-order valence-corrected chi connectivity index (χ1v) is 6.43. The molecule has 20 heavy (non-hydrogen) atoms. The number of carbonyl (C=O) groups is 1. The largest absolute Gasteiger partial charge is 0.493 e. The summed E-state index contributed by atoms with van der Waals surface area (Å²) >= 11 is 0. The summed E-state index contributed by atoms with van der Waals surface area (Å²) in [5.74, 6) is 1.35. The van der Waals surface area contributed by atoms with Crippen LogP contribution in [-0.2, 0) is 0 Å². The van der Waals surface area contributed by atoms with Crippen molar-refractivity contribution in [3.63, 3.8) is 0 Å². The Morgan fingerprint density at radius 3 is 2.65 bits per heavy atom. The molecule has 0 saturated heterocycles. The molecule has 0 aliphatic carbocycles. The Bertz CT molecular complexity index is 577. The number of hydrogen-bond donors (Lipinski definition) is 1. The average Bonchev–Trinajstić information content (AvgIpc) is 2.94. The predicted octanol–water partition coefficient (Wildman–Crippen LogP) is 3.22. The molecule has 0 saturated carbocycles. The summed E-state index contributed by atoms with van der Waals surface area (Å²) in [5, 5.41) is 2.74. The van der Waals surface area contributed by atoms with Crippen molar-refractivity contribution >= 4 is 5.91 Å². The van der Waals surface area contributed by atoms with Crippen molar-refractivity contribution in [2.45, 2.75) is 13.3 Å². The normalized spacial score (nSPS) is 10.1. The molecular formula is C15H17NO4. The van der Waals surface area contributed by atoms with Crippen molar-refractivity contribution < 1.29 is 18.7 Å². The average molecular weight is 275 g/mol. The van der Waals surface area contributed by atoms with Crippen LogP contribution in [0.25, 0.3) is 0 Å². The van der Waals surface area contributed by atoms with Crippen molar-refractivity contribution in [2.24, 2.45) is 0 Å². The standard InChI is InChI=1S/C15H17NO4/c1-3-10-16-15(17)13-8-9-14(20-13)19-12-7-5-4-6-11(12)18-2/h4-9H,3,10H2,1-2H3,(H,16,17). The highest BCUT2D eigenvalue weighted by Crippen LogP contribution is 2.31. The van der Waals surface area contributed by atoms with Crippen LogP contribution >= 0.6 is 0 Å². The van der Waals surface area contributed by atoms with E-state index in [-0.39, 0.29) is 17.6 Å². The predicted molar refractivity (Wildman–Crippen MR) is 74.4 cm³/mol. The van der Waals surface area contributed by atoms with Gasteiger partial charge in [0.15, 0.2) is 17.3 Å². The zero-order valence-corrected chi connectivity index (χ0v) is 11.5. The zero-order valence-electron chi connectivity index (χ0n) is 11.5. The molecule has 5 heteroatoms. The molecule has 0 spiro atoms. The molecule has 0 aliphatic rings. The molecule has 0 bridgehead atoms. The van der Waals surface area contributed by atoms with E-state index in [1.54, 1.807) is 31.4 Å². The first-order valence-electron chi connectivity index (χ1n) is 6.43. The van der Waals surface area contributed by atoms with E-state index in [1.165, 1.54) is 0 Å². The van der Waals surface area contributed by atoms with Crippen LogP contribution in [0.3, 0.4) is 0 Å². The number of ether oxygens (including phenoxy) is 2. The summed E-state index contributed by atoms with van der Waals surface area (Å²) in [6.07, 6.45) is 0.872. The third-order valence-electron chi connectivity index (χ3n) is 2.62. The van der Waals surface area contributed by atoms with Crippen LogP contribution in [0.5, 0.6) is 17.4 Å². The van der Waals surface area contributed by atoms with Gasteiger partial charge < -0.3 is 19.2 Å². The van der Waals surface area contributed by atoms with Crippen LogP contribution in [0, 0.1) is 0 Å². The number of amides is 1. The number of benzene rings is 1. The van der Waals surface area contributed by atoms with Gasteiger partial charge in [-0.15, -0.1) is 0 Å².